The minimum Gasteiger partial charge on any atom is -0.309 e. The molecular formula is C22H18F2N6O. The van der Waals surface area contributed by atoms with Crippen LogP contribution in [0.4, 0.5) is 14.6 Å². The van der Waals surface area contributed by atoms with Gasteiger partial charge in [-0.3, -0.25) is 14.2 Å². The van der Waals surface area contributed by atoms with Crippen molar-refractivity contribution in [3.8, 4) is 6.07 Å². The molecule has 2 heterocycles. The van der Waals surface area contributed by atoms with Gasteiger partial charge in [0.15, 0.2) is 5.82 Å². The molecule has 0 bridgehead atoms. The van der Waals surface area contributed by atoms with Crippen molar-refractivity contribution in [2.75, 3.05) is 5.32 Å². The Labute approximate surface area is 176 Å². The lowest BCUT2D eigenvalue weighted by molar-refractivity contribution is -0.115. The molecule has 1 amide bonds. The summed E-state index contributed by atoms with van der Waals surface area (Å²) < 4.78 is 30.8. The van der Waals surface area contributed by atoms with Gasteiger partial charge < -0.3 is 5.32 Å². The van der Waals surface area contributed by atoms with Gasteiger partial charge in [-0.15, -0.1) is 0 Å². The summed E-state index contributed by atoms with van der Waals surface area (Å²) in [4.78, 5) is 12.4. The first-order chi connectivity index (χ1) is 14.8. The Kier molecular flexibility index (Phi) is 5.21. The number of hydrogen-bond acceptors (Lipinski definition) is 4. The van der Waals surface area contributed by atoms with E-state index in [0.717, 1.165) is 34.3 Å². The zero-order valence-electron chi connectivity index (χ0n) is 16.9. The Morgan fingerprint density at radius 2 is 1.87 bits per heavy atom. The molecule has 31 heavy (non-hydrogen) atoms. The number of nitriles is 1. The second-order valence-corrected chi connectivity index (χ2v) is 7.23. The Bertz CT molecular complexity index is 1330. The van der Waals surface area contributed by atoms with E-state index in [0.29, 0.717) is 11.4 Å². The third kappa shape index (κ3) is 4.14. The average molecular weight is 420 g/mol. The fraction of sp³-hybridized carbons (Fsp3) is 0.182. The predicted molar refractivity (Wildman–Crippen MR) is 110 cm³/mol. The molecule has 0 saturated carbocycles. The Morgan fingerprint density at radius 3 is 2.58 bits per heavy atom. The summed E-state index contributed by atoms with van der Waals surface area (Å²) in [5.74, 6) is -1.74. The van der Waals surface area contributed by atoms with Gasteiger partial charge in [-0.2, -0.15) is 15.5 Å². The molecule has 4 aromatic rings. The van der Waals surface area contributed by atoms with Crippen LogP contribution in [0, 0.1) is 29.9 Å². The van der Waals surface area contributed by atoms with Crippen LogP contribution in [0.3, 0.4) is 0 Å². The maximum Gasteiger partial charge on any atom is 0.229 e. The lowest BCUT2D eigenvalue weighted by Crippen LogP contribution is -2.15. The van der Waals surface area contributed by atoms with E-state index in [1.807, 2.05) is 32.2 Å². The Morgan fingerprint density at radius 1 is 1.13 bits per heavy atom. The third-order valence-corrected chi connectivity index (χ3v) is 4.93. The number of fused-ring (bicyclic) bond motifs is 1. The highest BCUT2D eigenvalue weighted by Gasteiger charge is 2.13. The first-order valence-corrected chi connectivity index (χ1v) is 9.47. The van der Waals surface area contributed by atoms with Crippen molar-refractivity contribution in [3.05, 3.63) is 76.6 Å². The molecule has 156 valence electrons. The second-order valence-electron chi connectivity index (χ2n) is 7.23. The fourth-order valence-electron chi connectivity index (χ4n) is 3.50. The van der Waals surface area contributed by atoms with Crippen LogP contribution in [0.5, 0.6) is 0 Å². The molecule has 0 aliphatic carbocycles. The number of halogens is 2. The number of nitrogens with one attached hydrogen (secondary N) is 1. The van der Waals surface area contributed by atoms with E-state index in [2.05, 4.69) is 15.5 Å². The molecule has 0 atom stereocenters. The van der Waals surface area contributed by atoms with Crippen molar-refractivity contribution in [3.63, 3.8) is 0 Å². The third-order valence-electron chi connectivity index (χ3n) is 4.93. The number of hydrogen-bond donors (Lipinski definition) is 1. The van der Waals surface area contributed by atoms with E-state index < -0.39 is 17.2 Å². The van der Waals surface area contributed by atoms with Crippen molar-refractivity contribution < 1.29 is 13.6 Å². The first kappa shape index (κ1) is 20.2. The quantitative estimate of drug-likeness (QED) is 0.536. The topological polar surface area (TPSA) is 88.5 Å². The van der Waals surface area contributed by atoms with Gasteiger partial charge in [0.1, 0.15) is 23.3 Å². The summed E-state index contributed by atoms with van der Waals surface area (Å²) in [6.45, 7) is 2.01. The number of aromatic nitrogens is 4. The molecule has 2 aromatic heterocycles. The van der Waals surface area contributed by atoms with Gasteiger partial charge in [0.2, 0.25) is 5.91 Å². The van der Waals surface area contributed by atoms with Crippen LogP contribution in [0.15, 0.2) is 42.6 Å². The molecule has 0 unspecified atom stereocenters. The van der Waals surface area contributed by atoms with E-state index in [1.165, 1.54) is 10.8 Å². The second kappa shape index (κ2) is 7.99. The van der Waals surface area contributed by atoms with Gasteiger partial charge in [-0.05, 0) is 42.3 Å². The largest absolute Gasteiger partial charge is 0.309 e. The van der Waals surface area contributed by atoms with Crippen molar-refractivity contribution in [2.24, 2.45) is 7.05 Å². The van der Waals surface area contributed by atoms with E-state index in [9.17, 15) is 13.6 Å². The summed E-state index contributed by atoms with van der Waals surface area (Å²) >= 11 is 0. The van der Waals surface area contributed by atoms with Crippen LogP contribution >= 0.6 is 0 Å². The minimum atomic E-state index is -0.918. The van der Waals surface area contributed by atoms with Crippen LogP contribution in [-0.4, -0.2) is 25.5 Å². The summed E-state index contributed by atoms with van der Waals surface area (Å²) in [6.07, 6.45) is 1.76. The van der Waals surface area contributed by atoms with Crippen LogP contribution in [0.1, 0.15) is 22.4 Å². The Balaban J connectivity index is 1.42. The number of aryl methyl sites for hydroxylation is 2. The number of benzene rings is 2. The SMILES string of the molecule is Cc1nn(C)c2ccc(CC(=O)Nc3ccn(Cc4cc(F)c(C#N)c(F)c4)n3)cc12. The lowest BCUT2D eigenvalue weighted by Gasteiger charge is -2.05. The van der Waals surface area contributed by atoms with Gasteiger partial charge in [0.05, 0.1) is 24.2 Å². The lowest BCUT2D eigenvalue weighted by atomic mass is 10.1. The van der Waals surface area contributed by atoms with Gasteiger partial charge >= 0.3 is 0 Å². The zero-order chi connectivity index (χ0) is 22.1. The standard InChI is InChI=1S/C22H18F2N6O/c1-13-16-7-14(3-4-20(16)29(2)27-13)10-22(31)26-21-5-6-30(28-21)12-15-8-18(23)17(11-25)19(24)9-15/h3-9H,10,12H2,1-2H3,(H,26,28,31). The molecule has 4 rings (SSSR count). The van der Waals surface area contributed by atoms with E-state index in [-0.39, 0.29) is 18.9 Å². The van der Waals surface area contributed by atoms with Crippen LogP contribution in [0.25, 0.3) is 10.9 Å². The number of carbonyl (C=O) groups excluding carboxylic acids is 1. The van der Waals surface area contributed by atoms with Crippen LogP contribution < -0.4 is 5.32 Å². The van der Waals surface area contributed by atoms with Gasteiger partial charge in [-0.25, -0.2) is 8.78 Å². The summed E-state index contributed by atoms with van der Waals surface area (Å²) in [7, 11) is 1.87. The Hall–Kier alpha value is -4.06. The molecule has 7 nitrogen and oxygen atoms in total. The molecule has 0 saturated heterocycles. The highest BCUT2D eigenvalue weighted by Crippen LogP contribution is 2.20. The molecule has 1 N–H and O–H groups in total. The average Bonchev–Trinajstić information content (AvgIpc) is 3.25. The smallest absolute Gasteiger partial charge is 0.229 e. The monoisotopic (exact) mass is 420 g/mol. The number of carbonyl (C=O) groups is 1. The van der Waals surface area contributed by atoms with Gasteiger partial charge in [0, 0.05) is 24.7 Å². The molecule has 0 fully saturated rings. The molecule has 0 aliphatic rings. The van der Waals surface area contributed by atoms with Crippen molar-refractivity contribution in [2.45, 2.75) is 19.9 Å². The van der Waals surface area contributed by atoms with Crippen molar-refractivity contribution >= 4 is 22.6 Å². The molecule has 2 aromatic carbocycles. The van der Waals surface area contributed by atoms with Crippen LogP contribution in [-0.2, 0) is 24.8 Å². The molecular weight excluding hydrogens is 402 g/mol. The number of amides is 1. The maximum atomic E-state index is 13.8. The number of nitrogens with zero attached hydrogens (tertiary/aromatic N) is 5. The summed E-state index contributed by atoms with van der Waals surface area (Å²) in [6, 6.07) is 11.0. The number of rotatable bonds is 5. The minimum absolute atomic E-state index is 0.0897. The normalized spacial score (nSPS) is 10.9. The predicted octanol–water partition coefficient (Wildman–Crippen LogP) is 3.46. The van der Waals surface area contributed by atoms with Crippen molar-refractivity contribution in [1.82, 2.24) is 19.6 Å². The zero-order valence-corrected chi connectivity index (χ0v) is 16.9. The molecule has 0 radical (unpaired) electrons. The van der Waals surface area contributed by atoms with Crippen LogP contribution in [0.2, 0.25) is 0 Å². The van der Waals surface area contributed by atoms with Gasteiger partial charge in [-0.1, -0.05) is 6.07 Å². The summed E-state index contributed by atoms with van der Waals surface area (Å²) in [5, 5.41) is 21.1. The highest BCUT2D eigenvalue weighted by atomic mass is 19.1. The van der Waals surface area contributed by atoms with E-state index in [1.54, 1.807) is 16.9 Å². The first-order valence-electron chi connectivity index (χ1n) is 9.47. The van der Waals surface area contributed by atoms with Gasteiger partial charge in [0.25, 0.3) is 0 Å². The molecule has 9 heteroatoms. The van der Waals surface area contributed by atoms with Crippen molar-refractivity contribution in [1.29, 1.82) is 5.26 Å². The highest BCUT2D eigenvalue weighted by molar-refractivity contribution is 5.92. The molecule has 0 spiro atoms. The maximum absolute atomic E-state index is 13.8. The fourth-order valence-corrected chi connectivity index (χ4v) is 3.50. The van der Waals surface area contributed by atoms with E-state index in [4.69, 9.17) is 5.26 Å². The van der Waals surface area contributed by atoms with E-state index >= 15 is 0 Å². The number of anilines is 1. The summed E-state index contributed by atoms with van der Waals surface area (Å²) in [5.41, 5.74) is 2.45. The molecule has 0 aliphatic heterocycles.